The Morgan fingerprint density at radius 3 is 2.32 bits per heavy atom. The van der Waals surface area contributed by atoms with Crippen molar-refractivity contribution in [2.24, 2.45) is 0 Å². The Morgan fingerprint density at radius 1 is 1.11 bits per heavy atom. The van der Waals surface area contributed by atoms with Crippen molar-refractivity contribution < 1.29 is 24.4 Å². The minimum atomic E-state index is -0.880. The predicted octanol–water partition coefficient (Wildman–Crippen LogP) is 1.46. The third-order valence-corrected chi connectivity index (χ3v) is 3.32. The summed E-state index contributed by atoms with van der Waals surface area (Å²) in [6, 6.07) is 0. The number of unbranched alkanes of at least 4 members (excludes halogenated alkanes) is 2. The van der Waals surface area contributed by atoms with E-state index < -0.39 is 12.4 Å². The molecule has 0 bridgehead atoms. The fourth-order valence-corrected chi connectivity index (χ4v) is 2.17. The second-order valence-corrected chi connectivity index (χ2v) is 5.00. The van der Waals surface area contributed by atoms with Gasteiger partial charge in [-0.2, -0.15) is 0 Å². The van der Waals surface area contributed by atoms with Crippen molar-refractivity contribution in [2.45, 2.75) is 70.6 Å². The van der Waals surface area contributed by atoms with Crippen molar-refractivity contribution in [1.82, 2.24) is 0 Å². The molecule has 1 rings (SSSR count). The normalized spacial score (nSPS) is 31.6. The second-order valence-electron chi connectivity index (χ2n) is 5.00. The maximum absolute atomic E-state index is 9.66. The first-order valence-corrected chi connectivity index (χ1v) is 7.40. The summed E-state index contributed by atoms with van der Waals surface area (Å²) in [5.74, 6) is 0. The van der Waals surface area contributed by atoms with Gasteiger partial charge in [-0.25, -0.2) is 0 Å². The predicted molar refractivity (Wildman–Crippen MR) is 71.9 cm³/mol. The summed E-state index contributed by atoms with van der Waals surface area (Å²) in [6.07, 6.45) is 2.59. The van der Waals surface area contributed by atoms with Gasteiger partial charge in [0, 0.05) is 19.6 Å². The van der Waals surface area contributed by atoms with Crippen molar-refractivity contribution >= 4 is 0 Å². The van der Waals surface area contributed by atoms with Crippen LogP contribution in [0.25, 0.3) is 0 Å². The summed E-state index contributed by atoms with van der Waals surface area (Å²) in [5.41, 5.74) is 0. The molecule has 0 amide bonds. The summed E-state index contributed by atoms with van der Waals surface area (Å²) >= 11 is 0. The van der Waals surface area contributed by atoms with Gasteiger partial charge in [0.05, 0.1) is 12.7 Å². The lowest BCUT2D eigenvalue weighted by atomic mass is 10.0. The van der Waals surface area contributed by atoms with Crippen LogP contribution in [0.2, 0.25) is 0 Å². The molecule has 0 aromatic carbocycles. The number of aliphatic hydroxyl groups is 2. The molecular formula is C14H28O5. The van der Waals surface area contributed by atoms with Crippen molar-refractivity contribution in [1.29, 1.82) is 0 Å². The molecule has 1 aliphatic rings. The lowest BCUT2D eigenvalue weighted by molar-refractivity contribution is -0.258. The Morgan fingerprint density at radius 2 is 1.74 bits per heavy atom. The van der Waals surface area contributed by atoms with Gasteiger partial charge < -0.3 is 24.4 Å². The summed E-state index contributed by atoms with van der Waals surface area (Å²) in [7, 11) is 0. The fourth-order valence-electron chi connectivity index (χ4n) is 2.17. The maximum Gasteiger partial charge on any atom is 0.157 e. The van der Waals surface area contributed by atoms with Gasteiger partial charge in [-0.05, 0) is 12.8 Å². The van der Waals surface area contributed by atoms with E-state index in [1.165, 1.54) is 0 Å². The number of aliphatic hydroxyl groups excluding tert-OH is 2. The largest absolute Gasteiger partial charge is 0.394 e. The van der Waals surface area contributed by atoms with Crippen LogP contribution in [0.4, 0.5) is 0 Å². The van der Waals surface area contributed by atoms with Crippen LogP contribution in [0.3, 0.4) is 0 Å². The molecule has 1 aliphatic heterocycles. The molecular weight excluding hydrogens is 248 g/mol. The minimum Gasteiger partial charge on any atom is -0.394 e. The standard InChI is InChI=1S/C14H28O5/c1-3-5-7-17-11-9-13(16)19-12(10-15)14(11)18-8-6-4-2/h11-16H,3-10H2,1-2H3. The molecule has 0 aliphatic carbocycles. The van der Waals surface area contributed by atoms with Gasteiger partial charge in [0.2, 0.25) is 0 Å². The van der Waals surface area contributed by atoms with Gasteiger partial charge >= 0.3 is 0 Å². The Hall–Kier alpha value is -0.200. The van der Waals surface area contributed by atoms with Crippen molar-refractivity contribution in [3.63, 3.8) is 0 Å². The third kappa shape index (κ3) is 5.75. The summed E-state index contributed by atoms with van der Waals surface area (Å²) < 4.78 is 16.9. The molecule has 1 fully saturated rings. The van der Waals surface area contributed by atoms with Crippen LogP contribution in [0.5, 0.6) is 0 Å². The van der Waals surface area contributed by atoms with Gasteiger partial charge in [-0.15, -0.1) is 0 Å². The zero-order chi connectivity index (χ0) is 14.1. The van der Waals surface area contributed by atoms with Crippen molar-refractivity contribution in [2.75, 3.05) is 19.8 Å². The third-order valence-electron chi connectivity index (χ3n) is 3.32. The van der Waals surface area contributed by atoms with E-state index in [0.29, 0.717) is 19.6 Å². The van der Waals surface area contributed by atoms with Crippen LogP contribution in [0.15, 0.2) is 0 Å². The highest BCUT2D eigenvalue weighted by Crippen LogP contribution is 2.24. The monoisotopic (exact) mass is 276 g/mol. The van der Waals surface area contributed by atoms with Gasteiger partial charge in [0.1, 0.15) is 12.2 Å². The van der Waals surface area contributed by atoms with E-state index in [4.69, 9.17) is 14.2 Å². The lowest BCUT2D eigenvalue weighted by Gasteiger charge is -2.39. The Balaban J connectivity index is 2.52. The molecule has 114 valence electrons. The first-order chi connectivity index (χ1) is 9.22. The van der Waals surface area contributed by atoms with Crippen LogP contribution >= 0.6 is 0 Å². The molecule has 0 spiro atoms. The average molecular weight is 276 g/mol. The summed E-state index contributed by atoms with van der Waals surface area (Å²) in [5, 5.41) is 19.0. The van der Waals surface area contributed by atoms with Crippen LogP contribution in [-0.2, 0) is 14.2 Å². The quantitative estimate of drug-likeness (QED) is 0.624. The smallest absolute Gasteiger partial charge is 0.157 e. The molecule has 1 heterocycles. The van der Waals surface area contributed by atoms with Gasteiger partial charge in [0.25, 0.3) is 0 Å². The molecule has 5 heteroatoms. The first-order valence-electron chi connectivity index (χ1n) is 7.40. The molecule has 4 unspecified atom stereocenters. The molecule has 2 N–H and O–H groups in total. The number of rotatable bonds is 9. The molecule has 1 saturated heterocycles. The highest BCUT2D eigenvalue weighted by molar-refractivity contribution is 4.85. The van der Waals surface area contributed by atoms with E-state index in [2.05, 4.69) is 13.8 Å². The van der Waals surface area contributed by atoms with Crippen LogP contribution in [0, 0.1) is 0 Å². The summed E-state index contributed by atoms with van der Waals surface area (Å²) in [4.78, 5) is 0. The van der Waals surface area contributed by atoms with Gasteiger partial charge in [0.15, 0.2) is 6.29 Å². The Kier molecular flexibility index (Phi) is 8.57. The fraction of sp³-hybridized carbons (Fsp3) is 1.00. The highest BCUT2D eigenvalue weighted by Gasteiger charge is 2.39. The van der Waals surface area contributed by atoms with Crippen LogP contribution in [-0.4, -0.2) is 54.6 Å². The molecule has 19 heavy (non-hydrogen) atoms. The van der Waals surface area contributed by atoms with E-state index >= 15 is 0 Å². The highest BCUT2D eigenvalue weighted by atomic mass is 16.6. The molecule has 4 atom stereocenters. The molecule has 0 aromatic rings. The Bertz CT molecular complexity index is 224. The zero-order valence-electron chi connectivity index (χ0n) is 12.1. The van der Waals surface area contributed by atoms with E-state index in [1.807, 2.05) is 0 Å². The van der Waals surface area contributed by atoms with Crippen LogP contribution < -0.4 is 0 Å². The number of hydrogen-bond donors (Lipinski definition) is 2. The van der Waals surface area contributed by atoms with Crippen molar-refractivity contribution in [3.05, 3.63) is 0 Å². The van der Waals surface area contributed by atoms with Crippen LogP contribution in [0.1, 0.15) is 46.0 Å². The molecule has 0 saturated carbocycles. The molecule has 5 nitrogen and oxygen atoms in total. The minimum absolute atomic E-state index is 0.165. The molecule has 0 radical (unpaired) electrons. The second kappa shape index (κ2) is 9.66. The Labute approximate surface area is 115 Å². The van der Waals surface area contributed by atoms with E-state index in [-0.39, 0.29) is 18.8 Å². The molecule has 0 aromatic heterocycles. The van der Waals surface area contributed by atoms with Crippen molar-refractivity contribution in [3.8, 4) is 0 Å². The maximum atomic E-state index is 9.66. The average Bonchev–Trinajstić information content (AvgIpc) is 2.41. The van der Waals surface area contributed by atoms with E-state index in [0.717, 1.165) is 25.7 Å². The van der Waals surface area contributed by atoms with Gasteiger partial charge in [-0.1, -0.05) is 26.7 Å². The lowest BCUT2D eigenvalue weighted by Crippen LogP contribution is -2.52. The SMILES string of the molecule is CCCCOC1CC(O)OC(CO)C1OCCCC. The van der Waals surface area contributed by atoms with E-state index in [9.17, 15) is 10.2 Å². The zero-order valence-corrected chi connectivity index (χ0v) is 12.1. The summed E-state index contributed by atoms with van der Waals surface area (Å²) in [6.45, 7) is 5.32. The topological polar surface area (TPSA) is 68.2 Å². The number of ether oxygens (including phenoxy) is 3. The number of hydrogen-bond acceptors (Lipinski definition) is 5. The van der Waals surface area contributed by atoms with Gasteiger partial charge in [-0.3, -0.25) is 0 Å². The first kappa shape index (κ1) is 16.9. The van der Waals surface area contributed by atoms with E-state index in [1.54, 1.807) is 0 Å².